The fourth-order valence-electron chi connectivity index (χ4n) is 9.17. The van der Waals surface area contributed by atoms with Crippen LogP contribution < -0.4 is 0 Å². The molecular formula is C28H45N3O2. The van der Waals surface area contributed by atoms with E-state index in [4.69, 9.17) is 0 Å². The summed E-state index contributed by atoms with van der Waals surface area (Å²) in [7, 11) is 4.12. The second-order valence-corrected chi connectivity index (χ2v) is 13.3. The van der Waals surface area contributed by atoms with Crippen LogP contribution in [0.2, 0.25) is 0 Å². The summed E-state index contributed by atoms with van der Waals surface area (Å²) in [6, 6.07) is 0. The van der Waals surface area contributed by atoms with Gasteiger partial charge in [-0.25, -0.2) is 0 Å². The van der Waals surface area contributed by atoms with Gasteiger partial charge in [0.1, 0.15) is 0 Å². The molecule has 0 saturated heterocycles. The van der Waals surface area contributed by atoms with E-state index in [9.17, 15) is 9.90 Å². The van der Waals surface area contributed by atoms with Crippen LogP contribution in [0.1, 0.15) is 84.1 Å². The van der Waals surface area contributed by atoms with Crippen molar-refractivity contribution in [1.82, 2.24) is 14.7 Å². The van der Waals surface area contributed by atoms with Crippen molar-refractivity contribution in [2.24, 2.45) is 40.4 Å². The number of nitrogens with zero attached hydrogens (tertiary/aromatic N) is 3. The summed E-state index contributed by atoms with van der Waals surface area (Å²) >= 11 is 0. The van der Waals surface area contributed by atoms with Crippen LogP contribution in [0, 0.1) is 40.4 Å². The number of Topliss-reactive ketones (excluding diaryl/α,β-unsaturated/α-hetero) is 1. The monoisotopic (exact) mass is 455 g/mol. The first-order valence-corrected chi connectivity index (χ1v) is 13.4. The number of aliphatic hydroxyl groups is 1. The number of rotatable bonds is 5. The molecule has 0 aliphatic heterocycles. The van der Waals surface area contributed by atoms with E-state index in [0.29, 0.717) is 29.6 Å². The quantitative estimate of drug-likeness (QED) is 0.684. The van der Waals surface area contributed by atoms with E-state index in [1.54, 1.807) is 0 Å². The summed E-state index contributed by atoms with van der Waals surface area (Å²) in [6.07, 6.45) is 14.4. The van der Waals surface area contributed by atoms with E-state index in [1.807, 2.05) is 24.0 Å². The summed E-state index contributed by atoms with van der Waals surface area (Å²) < 4.78 is 1.86. The number of carbonyl (C=O) groups excluding carboxylic acids is 1. The zero-order chi connectivity index (χ0) is 23.6. The molecule has 33 heavy (non-hydrogen) atoms. The second-order valence-electron chi connectivity index (χ2n) is 13.3. The van der Waals surface area contributed by atoms with Gasteiger partial charge in [0.05, 0.1) is 18.3 Å². The molecule has 5 nitrogen and oxygen atoms in total. The lowest BCUT2D eigenvalue weighted by atomic mass is 9.44. The van der Waals surface area contributed by atoms with Crippen molar-refractivity contribution in [3.8, 4) is 0 Å². The standard InChI is InChI=1S/C28H45N3O2/c1-26(33)12-13-27(2)20(14-26)6-7-21-22-8-9-24(28(22,3)11-10-23(21)27)25(32)18-31-17-19(15-29-31)16-30(4)5/h15,17,20-24,33H,6-14,16,18H2,1-5H3/t20-,21-,22-,23-,24+,26+,27-,28-/m0/s1. The van der Waals surface area contributed by atoms with Crippen molar-refractivity contribution in [3.63, 3.8) is 0 Å². The summed E-state index contributed by atoms with van der Waals surface area (Å²) in [5, 5.41) is 15.2. The van der Waals surface area contributed by atoms with E-state index >= 15 is 0 Å². The first-order valence-electron chi connectivity index (χ1n) is 13.4. The maximum Gasteiger partial charge on any atom is 0.157 e. The number of ketones is 1. The Balaban J connectivity index is 1.29. The smallest absolute Gasteiger partial charge is 0.157 e. The van der Waals surface area contributed by atoms with Gasteiger partial charge in [0.15, 0.2) is 5.78 Å². The maximum absolute atomic E-state index is 13.5. The van der Waals surface area contributed by atoms with Crippen molar-refractivity contribution < 1.29 is 9.90 Å². The number of fused-ring (bicyclic) bond motifs is 5. The minimum Gasteiger partial charge on any atom is -0.390 e. The molecule has 8 atom stereocenters. The fourth-order valence-corrected chi connectivity index (χ4v) is 9.17. The van der Waals surface area contributed by atoms with Crippen LogP contribution >= 0.6 is 0 Å². The predicted octanol–water partition coefficient (Wildman–Crippen LogP) is 4.92. The van der Waals surface area contributed by atoms with Crippen molar-refractivity contribution in [2.45, 2.75) is 97.2 Å². The summed E-state index contributed by atoms with van der Waals surface area (Å²) in [6.45, 7) is 8.32. The van der Waals surface area contributed by atoms with Crippen LogP contribution in [0.4, 0.5) is 0 Å². The summed E-state index contributed by atoms with van der Waals surface area (Å²) in [5.41, 5.74) is 1.23. The zero-order valence-corrected chi connectivity index (χ0v) is 21.5. The Labute approximate surface area is 200 Å². The molecular weight excluding hydrogens is 410 g/mol. The van der Waals surface area contributed by atoms with Gasteiger partial charge in [-0.3, -0.25) is 9.48 Å². The van der Waals surface area contributed by atoms with Gasteiger partial charge in [0, 0.05) is 24.2 Å². The minimum atomic E-state index is -0.468. The van der Waals surface area contributed by atoms with Crippen molar-refractivity contribution in [3.05, 3.63) is 18.0 Å². The third-order valence-corrected chi connectivity index (χ3v) is 10.8. The number of hydrogen-bond donors (Lipinski definition) is 1. The topological polar surface area (TPSA) is 58.4 Å². The molecule has 0 aromatic carbocycles. The largest absolute Gasteiger partial charge is 0.390 e. The molecule has 0 radical (unpaired) electrons. The SMILES string of the molecule is CN(C)Cc1cnn(CC(=O)[C@H]2CC[C@H]3[C@@H]4CC[C@H]5C[C@](C)(O)CC[C@]5(C)[C@H]4CC[C@]23C)c1. The lowest BCUT2D eigenvalue weighted by Gasteiger charge is -2.61. The minimum absolute atomic E-state index is 0.154. The molecule has 1 heterocycles. The molecule has 1 aromatic heterocycles. The van der Waals surface area contributed by atoms with E-state index in [0.717, 1.165) is 37.6 Å². The van der Waals surface area contributed by atoms with Crippen molar-refractivity contribution in [1.29, 1.82) is 0 Å². The second kappa shape index (κ2) is 8.19. The first kappa shape index (κ1) is 23.5. The summed E-state index contributed by atoms with van der Waals surface area (Å²) in [5.74, 6) is 3.48. The Kier molecular flexibility index (Phi) is 5.84. The van der Waals surface area contributed by atoms with Gasteiger partial charge < -0.3 is 10.0 Å². The Hall–Kier alpha value is -1.20. The Morgan fingerprint density at radius 2 is 1.82 bits per heavy atom. The molecule has 4 fully saturated rings. The fraction of sp³-hybridized carbons (Fsp3) is 0.857. The van der Waals surface area contributed by atoms with Gasteiger partial charge in [-0.15, -0.1) is 0 Å². The molecule has 0 bridgehead atoms. The molecule has 184 valence electrons. The molecule has 5 heteroatoms. The van der Waals surface area contributed by atoms with Gasteiger partial charge in [-0.2, -0.15) is 5.10 Å². The van der Waals surface area contributed by atoms with E-state index in [2.05, 4.69) is 37.9 Å². The van der Waals surface area contributed by atoms with Crippen LogP contribution in [-0.4, -0.2) is 45.3 Å². The zero-order valence-electron chi connectivity index (χ0n) is 21.5. The Morgan fingerprint density at radius 3 is 2.58 bits per heavy atom. The van der Waals surface area contributed by atoms with Crippen LogP contribution in [0.25, 0.3) is 0 Å². The molecule has 4 saturated carbocycles. The Bertz CT molecular complexity index is 891. The highest BCUT2D eigenvalue weighted by atomic mass is 16.3. The molecule has 1 N–H and O–H groups in total. The number of hydrogen-bond acceptors (Lipinski definition) is 4. The van der Waals surface area contributed by atoms with Crippen LogP contribution in [0.15, 0.2) is 12.4 Å². The van der Waals surface area contributed by atoms with Gasteiger partial charge >= 0.3 is 0 Å². The third-order valence-electron chi connectivity index (χ3n) is 10.8. The molecule has 4 aliphatic rings. The van der Waals surface area contributed by atoms with E-state index in [-0.39, 0.29) is 11.3 Å². The van der Waals surface area contributed by atoms with Crippen LogP contribution in [0.5, 0.6) is 0 Å². The van der Waals surface area contributed by atoms with Gasteiger partial charge in [0.25, 0.3) is 0 Å². The molecule has 1 aromatic rings. The molecule has 4 aliphatic carbocycles. The average Bonchev–Trinajstić information content (AvgIpc) is 3.31. The molecule has 5 rings (SSSR count). The van der Waals surface area contributed by atoms with E-state index < -0.39 is 5.60 Å². The highest BCUT2D eigenvalue weighted by molar-refractivity contribution is 5.82. The normalized spacial score (nSPS) is 44.9. The lowest BCUT2D eigenvalue weighted by Crippen LogP contribution is -2.55. The maximum atomic E-state index is 13.5. The van der Waals surface area contributed by atoms with Gasteiger partial charge in [0.2, 0.25) is 0 Å². The molecule has 0 spiro atoms. The highest BCUT2D eigenvalue weighted by Crippen LogP contribution is 2.68. The highest BCUT2D eigenvalue weighted by Gasteiger charge is 2.61. The lowest BCUT2D eigenvalue weighted by molar-refractivity contribution is -0.151. The van der Waals surface area contributed by atoms with Crippen LogP contribution in [0.3, 0.4) is 0 Å². The average molecular weight is 456 g/mol. The number of aromatic nitrogens is 2. The van der Waals surface area contributed by atoms with Gasteiger partial charge in [-0.05, 0) is 113 Å². The van der Waals surface area contributed by atoms with E-state index in [1.165, 1.54) is 44.1 Å². The predicted molar refractivity (Wildman–Crippen MR) is 130 cm³/mol. The first-order chi connectivity index (χ1) is 15.5. The van der Waals surface area contributed by atoms with Gasteiger partial charge in [-0.1, -0.05) is 13.8 Å². The third kappa shape index (κ3) is 4.01. The van der Waals surface area contributed by atoms with Crippen LogP contribution in [-0.2, 0) is 17.9 Å². The molecule has 0 unspecified atom stereocenters. The van der Waals surface area contributed by atoms with Crippen molar-refractivity contribution >= 4 is 5.78 Å². The summed E-state index contributed by atoms with van der Waals surface area (Å²) in [4.78, 5) is 15.7. The Morgan fingerprint density at radius 1 is 1.06 bits per heavy atom. The van der Waals surface area contributed by atoms with Crippen molar-refractivity contribution in [2.75, 3.05) is 14.1 Å². The number of carbonyl (C=O) groups is 1. The molecule has 0 amide bonds.